The van der Waals surface area contributed by atoms with Gasteiger partial charge in [-0.25, -0.2) is 0 Å². The van der Waals surface area contributed by atoms with Gasteiger partial charge in [-0.05, 0) is 18.4 Å². The zero-order chi connectivity index (χ0) is 15.4. The number of hydrogen-bond acceptors (Lipinski definition) is 5. The molecule has 5 heteroatoms. The molecule has 1 aliphatic rings. The van der Waals surface area contributed by atoms with Crippen molar-refractivity contribution in [2.45, 2.75) is 51.3 Å². The minimum Gasteiger partial charge on any atom is -0.389 e. The molecule has 0 bridgehead atoms. The Balaban J connectivity index is 1.72. The second-order valence-corrected chi connectivity index (χ2v) is 6.29. The van der Waals surface area contributed by atoms with E-state index in [9.17, 15) is 5.11 Å². The maximum atomic E-state index is 10.7. The van der Waals surface area contributed by atoms with Gasteiger partial charge in [-0.2, -0.15) is 4.98 Å². The Hall–Kier alpha value is -1.72. The van der Waals surface area contributed by atoms with Crippen molar-refractivity contribution >= 4 is 0 Å². The van der Waals surface area contributed by atoms with Gasteiger partial charge in [0.2, 0.25) is 5.89 Å². The van der Waals surface area contributed by atoms with Crippen LogP contribution in [0, 0.1) is 6.92 Å². The van der Waals surface area contributed by atoms with Crippen LogP contribution < -0.4 is 0 Å². The lowest BCUT2D eigenvalue weighted by atomic mass is 10.0. The molecule has 22 heavy (non-hydrogen) atoms. The van der Waals surface area contributed by atoms with Gasteiger partial charge in [0.25, 0.3) is 0 Å². The van der Waals surface area contributed by atoms with E-state index in [0.29, 0.717) is 24.8 Å². The molecule has 2 aromatic rings. The van der Waals surface area contributed by atoms with Gasteiger partial charge in [0.1, 0.15) is 0 Å². The third-order valence-corrected chi connectivity index (χ3v) is 4.24. The summed E-state index contributed by atoms with van der Waals surface area (Å²) in [5, 5.41) is 14.7. The van der Waals surface area contributed by atoms with E-state index in [1.807, 2.05) is 18.2 Å². The molecule has 1 aromatic heterocycles. The van der Waals surface area contributed by atoms with Crippen molar-refractivity contribution in [1.82, 2.24) is 15.0 Å². The first-order chi connectivity index (χ1) is 10.6. The number of aliphatic hydroxyl groups is 1. The normalized spacial score (nSPS) is 17.2. The second kappa shape index (κ2) is 6.58. The van der Waals surface area contributed by atoms with Crippen LogP contribution >= 0.6 is 0 Å². The summed E-state index contributed by atoms with van der Waals surface area (Å²) in [5.41, 5.74) is 0.650. The molecular weight excluding hydrogens is 278 g/mol. The van der Waals surface area contributed by atoms with E-state index >= 15 is 0 Å². The van der Waals surface area contributed by atoms with Crippen molar-refractivity contribution in [2.75, 3.05) is 6.54 Å². The zero-order valence-electron chi connectivity index (χ0n) is 13.0. The van der Waals surface area contributed by atoms with E-state index in [4.69, 9.17) is 4.52 Å². The van der Waals surface area contributed by atoms with Crippen LogP contribution in [0.25, 0.3) is 0 Å². The summed E-state index contributed by atoms with van der Waals surface area (Å²) in [5.74, 6) is 1.25. The average molecular weight is 301 g/mol. The highest BCUT2D eigenvalue weighted by atomic mass is 16.5. The molecule has 1 aliphatic carbocycles. The maximum absolute atomic E-state index is 10.7. The highest BCUT2D eigenvalue weighted by Gasteiger charge is 2.33. The number of benzene rings is 1. The van der Waals surface area contributed by atoms with Crippen molar-refractivity contribution in [1.29, 1.82) is 0 Å². The van der Waals surface area contributed by atoms with Crippen molar-refractivity contribution in [3.63, 3.8) is 0 Å². The first kappa shape index (κ1) is 15.2. The van der Waals surface area contributed by atoms with Gasteiger partial charge in [-0.1, -0.05) is 48.3 Å². The fraction of sp³-hybridized carbons (Fsp3) is 0.529. The molecule has 0 aliphatic heterocycles. The molecule has 1 saturated carbocycles. The summed E-state index contributed by atoms with van der Waals surface area (Å²) in [6.45, 7) is 3.81. The molecule has 1 aromatic carbocycles. The smallest absolute Gasteiger partial charge is 0.223 e. The Morgan fingerprint density at radius 3 is 2.55 bits per heavy atom. The molecule has 1 fully saturated rings. The largest absolute Gasteiger partial charge is 0.389 e. The van der Waals surface area contributed by atoms with E-state index in [2.05, 4.69) is 27.2 Å². The van der Waals surface area contributed by atoms with Gasteiger partial charge >= 0.3 is 0 Å². The Kier molecular flexibility index (Phi) is 4.55. The van der Waals surface area contributed by atoms with Crippen LogP contribution in [-0.4, -0.2) is 32.3 Å². The third kappa shape index (κ3) is 3.93. The van der Waals surface area contributed by atoms with Gasteiger partial charge in [0, 0.05) is 20.0 Å². The van der Waals surface area contributed by atoms with Crippen LogP contribution in [0.5, 0.6) is 0 Å². The average Bonchev–Trinajstić information content (AvgIpc) is 3.09. The lowest BCUT2D eigenvalue weighted by molar-refractivity contribution is 0.00368. The summed E-state index contributed by atoms with van der Waals surface area (Å²) in [6, 6.07) is 10.3. The van der Waals surface area contributed by atoms with Gasteiger partial charge < -0.3 is 9.63 Å². The summed E-state index contributed by atoms with van der Waals surface area (Å²) >= 11 is 0. The Labute approximate surface area is 131 Å². The summed E-state index contributed by atoms with van der Waals surface area (Å²) in [6.07, 6.45) is 3.97. The Bertz CT molecular complexity index is 591. The van der Waals surface area contributed by atoms with Crippen LogP contribution in [0.4, 0.5) is 0 Å². The molecule has 0 radical (unpaired) electrons. The van der Waals surface area contributed by atoms with Crippen molar-refractivity contribution in [3.8, 4) is 0 Å². The Morgan fingerprint density at radius 1 is 1.18 bits per heavy atom. The fourth-order valence-electron chi connectivity index (χ4n) is 3.22. The molecule has 1 heterocycles. The monoisotopic (exact) mass is 301 g/mol. The van der Waals surface area contributed by atoms with Crippen LogP contribution in [0.2, 0.25) is 0 Å². The molecule has 5 nitrogen and oxygen atoms in total. The van der Waals surface area contributed by atoms with Crippen LogP contribution in [-0.2, 0) is 13.1 Å². The first-order valence-electron chi connectivity index (χ1n) is 7.91. The van der Waals surface area contributed by atoms with E-state index in [1.165, 1.54) is 5.56 Å². The Morgan fingerprint density at radius 2 is 1.91 bits per heavy atom. The number of rotatable bonds is 6. The van der Waals surface area contributed by atoms with Crippen molar-refractivity contribution in [2.24, 2.45) is 0 Å². The molecule has 0 spiro atoms. The number of aryl methyl sites for hydroxylation is 1. The third-order valence-electron chi connectivity index (χ3n) is 4.24. The van der Waals surface area contributed by atoms with Gasteiger partial charge in [0.15, 0.2) is 5.82 Å². The number of hydrogen-bond donors (Lipinski definition) is 1. The van der Waals surface area contributed by atoms with E-state index < -0.39 is 5.60 Å². The van der Waals surface area contributed by atoms with E-state index in [-0.39, 0.29) is 0 Å². The minimum atomic E-state index is -0.576. The van der Waals surface area contributed by atoms with E-state index in [0.717, 1.165) is 32.2 Å². The molecule has 1 N–H and O–H groups in total. The van der Waals surface area contributed by atoms with Gasteiger partial charge in [-0.3, -0.25) is 4.90 Å². The number of aromatic nitrogens is 2. The maximum Gasteiger partial charge on any atom is 0.223 e. The first-order valence-corrected chi connectivity index (χ1v) is 7.91. The quantitative estimate of drug-likeness (QED) is 0.889. The summed E-state index contributed by atoms with van der Waals surface area (Å²) in [7, 11) is 0. The van der Waals surface area contributed by atoms with Crippen LogP contribution in [0.3, 0.4) is 0 Å². The lowest BCUT2D eigenvalue weighted by Crippen LogP contribution is -2.40. The van der Waals surface area contributed by atoms with Crippen molar-refractivity contribution < 1.29 is 9.63 Å². The minimum absolute atomic E-state index is 0.576. The zero-order valence-corrected chi connectivity index (χ0v) is 13.0. The van der Waals surface area contributed by atoms with Gasteiger partial charge in [0.05, 0.1) is 12.1 Å². The SMILES string of the molecule is Cc1nc(CN(Cc2ccccc2)CC2(O)CCCC2)no1. The number of nitrogens with zero attached hydrogens (tertiary/aromatic N) is 3. The molecule has 0 unspecified atom stereocenters. The van der Waals surface area contributed by atoms with Crippen LogP contribution in [0.15, 0.2) is 34.9 Å². The standard InChI is InChI=1S/C17H23N3O2/c1-14-18-16(19-22-14)12-20(11-15-7-3-2-4-8-15)13-17(21)9-5-6-10-17/h2-4,7-8,21H,5-6,9-13H2,1H3. The van der Waals surface area contributed by atoms with Crippen LogP contribution in [0.1, 0.15) is 43.0 Å². The fourth-order valence-corrected chi connectivity index (χ4v) is 3.22. The second-order valence-electron chi connectivity index (χ2n) is 6.29. The predicted molar refractivity (Wildman–Crippen MR) is 83.0 cm³/mol. The van der Waals surface area contributed by atoms with Crippen molar-refractivity contribution in [3.05, 3.63) is 47.6 Å². The topological polar surface area (TPSA) is 62.4 Å². The summed E-state index contributed by atoms with van der Waals surface area (Å²) in [4.78, 5) is 6.50. The summed E-state index contributed by atoms with van der Waals surface area (Å²) < 4.78 is 5.06. The van der Waals surface area contributed by atoms with E-state index in [1.54, 1.807) is 6.92 Å². The van der Waals surface area contributed by atoms with Gasteiger partial charge in [-0.15, -0.1) is 0 Å². The molecule has 3 rings (SSSR count). The molecule has 0 atom stereocenters. The molecular formula is C17H23N3O2. The molecule has 0 amide bonds. The highest BCUT2D eigenvalue weighted by molar-refractivity contribution is 5.14. The lowest BCUT2D eigenvalue weighted by Gasteiger charge is -2.30. The highest BCUT2D eigenvalue weighted by Crippen LogP contribution is 2.30. The predicted octanol–water partition coefficient (Wildman–Crippen LogP) is 2.69. The molecule has 118 valence electrons. The molecule has 0 saturated heterocycles.